The molecule has 0 bridgehead atoms. The van der Waals surface area contributed by atoms with Crippen molar-refractivity contribution < 1.29 is 15.0 Å². The molecule has 4 unspecified atom stereocenters. The SMILES string of the molecule is C[C@H](C[C@@H]1SC(=N)NC1=O)C1CCC2C3C(CC[C@@]21C)[C@@]1(C)CC[C@@H](O)C[C@H]1C[C@H]3O. The van der Waals surface area contributed by atoms with Crippen LogP contribution in [0.25, 0.3) is 0 Å². The lowest BCUT2D eigenvalue weighted by Crippen LogP contribution is -2.58. The normalized spacial score (nSPS) is 52.8. The van der Waals surface area contributed by atoms with Crippen molar-refractivity contribution in [2.45, 2.75) is 96.0 Å². The van der Waals surface area contributed by atoms with E-state index in [1.54, 1.807) is 0 Å². The van der Waals surface area contributed by atoms with Crippen molar-refractivity contribution in [1.82, 2.24) is 5.32 Å². The van der Waals surface area contributed by atoms with Crippen LogP contribution in [0, 0.1) is 51.7 Å². The first kappa shape index (κ1) is 22.2. The topological polar surface area (TPSA) is 93.4 Å². The first-order valence-electron chi connectivity index (χ1n) is 12.6. The molecule has 1 aliphatic heterocycles. The number of rotatable bonds is 3. The molecule has 0 radical (unpaired) electrons. The van der Waals surface area contributed by atoms with E-state index in [-0.39, 0.29) is 34.2 Å². The molecule has 5 fully saturated rings. The van der Waals surface area contributed by atoms with Gasteiger partial charge in [0.25, 0.3) is 0 Å². The Kier molecular flexibility index (Phi) is 5.54. The zero-order valence-electron chi connectivity index (χ0n) is 19.3. The van der Waals surface area contributed by atoms with Crippen LogP contribution in [0.1, 0.15) is 78.6 Å². The predicted molar refractivity (Wildman–Crippen MR) is 124 cm³/mol. The quantitative estimate of drug-likeness (QED) is 0.521. The number of nitrogens with one attached hydrogen (secondary N) is 2. The van der Waals surface area contributed by atoms with Gasteiger partial charge in [0.05, 0.1) is 17.5 Å². The van der Waals surface area contributed by atoms with Gasteiger partial charge in [0.1, 0.15) is 0 Å². The van der Waals surface area contributed by atoms with E-state index in [1.807, 2.05) is 0 Å². The highest BCUT2D eigenvalue weighted by Crippen LogP contribution is 2.68. The zero-order chi connectivity index (χ0) is 22.1. The molecule has 6 heteroatoms. The molecular formula is C25H40N2O3S. The van der Waals surface area contributed by atoms with E-state index in [9.17, 15) is 15.0 Å². The highest BCUT2D eigenvalue weighted by Gasteiger charge is 2.63. The standard InChI is InChI=1S/C25H40N2O3S/c1-13(10-20-22(30)27-23(26)31-20)16-4-5-17-21-18(7-9-25(16,17)3)24(2)8-6-15(28)11-14(24)12-19(21)29/h13-21,28-29H,4-12H2,1-3H3,(H2,26,27,30)/t13-,14+,15-,16?,17?,18?,19-,20+,21?,24+,25-/m1/s1. The summed E-state index contributed by atoms with van der Waals surface area (Å²) in [5.74, 6) is 3.05. The minimum absolute atomic E-state index is 0.00594. The number of carbonyl (C=O) groups is 1. The molecular weight excluding hydrogens is 408 g/mol. The Labute approximate surface area is 191 Å². The number of fused-ring (bicyclic) bond motifs is 5. The van der Waals surface area contributed by atoms with Crippen molar-refractivity contribution in [3.63, 3.8) is 0 Å². The van der Waals surface area contributed by atoms with E-state index >= 15 is 0 Å². The average molecular weight is 449 g/mol. The molecule has 5 aliphatic rings. The Bertz CT molecular complexity index is 761. The summed E-state index contributed by atoms with van der Waals surface area (Å²) in [7, 11) is 0. The fraction of sp³-hybridized carbons (Fsp3) is 0.920. The van der Waals surface area contributed by atoms with Crippen molar-refractivity contribution in [3.8, 4) is 0 Å². The number of amidine groups is 1. The number of thioether (sulfide) groups is 1. The van der Waals surface area contributed by atoms with Crippen LogP contribution in [0.5, 0.6) is 0 Å². The second-order valence-electron chi connectivity index (χ2n) is 12.1. The number of carbonyl (C=O) groups excluding carboxylic acids is 1. The molecule has 4 saturated carbocycles. The fourth-order valence-electron chi connectivity index (χ4n) is 9.25. The second kappa shape index (κ2) is 7.73. The van der Waals surface area contributed by atoms with E-state index in [0.717, 1.165) is 32.1 Å². The summed E-state index contributed by atoms with van der Waals surface area (Å²) >= 11 is 1.38. The van der Waals surface area contributed by atoms with E-state index in [4.69, 9.17) is 5.41 Å². The first-order chi connectivity index (χ1) is 14.6. The van der Waals surface area contributed by atoms with Crippen LogP contribution in [0.15, 0.2) is 0 Å². The van der Waals surface area contributed by atoms with Gasteiger partial charge in [0, 0.05) is 0 Å². The molecule has 0 spiro atoms. The molecule has 1 saturated heterocycles. The van der Waals surface area contributed by atoms with E-state index in [1.165, 1.54) is 37.4 Å². The Balaban J connectivity index is 1.35. The number of hydrogen-bond acceptors (Lipinski definition) is 5. The van der Waals surface area contributed by atoms with Crippen molar-refractivity contribution in [2.75, 3.05) is 0 Å². The Morgan fingerprint density at radius 2 is 1.81 bits per heavy atom. The van der Waals surface area contributed by atoms with Crippen LogP contribution < -0.4 is 5.32 Å². The van der Waals surface area contributed by atoms with Crippen LogP contribution >= 0.6 is 11.8 Å². The third-order valence-corrected chi connectivity index (χ3v) is 11.8. The lowest BCUT2D eigenvalue weighted by atomic mass is 9.43. The molecule has 0 aromatic heterocycles. The van der Waals surface area contributed by atoms with Crippen molar-refractivity contribution in [2.24, 2.45) is 46.3 Å². The van der Waals surface area contributed by atoms with Crippen LogP contribution in [0.2, 0.25) is 0 Å². The number of aliphatic hydroxyl groups is 2. The predicted octanol–water partition coefficient (Wildman–Crippen LogP) is 4.17. The molecule has 0 aromatic carbocycles. The summed E-state index contributed by atoms with van der Waals surface area (Å²) in [5.41, 5.74) is 0.513. The van der Waals surface area contributed by atoms with Gasteiger partial charge < -0.3 is 15.5 Å². The van der Waals surface area contributed by atoms with Crippen LogP contribution in [-0.4, -0.2) is 38.7 Å². The summed E-state index contributed by atoms with van der Waals surface area (Å²) < 4.78 is 0. The van der Waals surface area contributed by atoms with Gasteiger partial charge in [-0.2, -0.15) is 0 Å². The van der Waals surface area contributed by atoms with Crippen molar-refractivity contribution in [3.05, 3.63) is 0 Å². The Morgan fingerprint density at radius 3 is 2.52 bits per heavy atom. The lowest BCUT2D eigenvalue weighted by molar-refractivity contribution is -0.174. The Hall–Kier alpha value is -0.590. The summed E-state index contributed by atoms with van der Waals surface area (Å²) in [6, 6.07) is 0. The summed E-state index contributed by atoms with van der Waals surface area (Å²) in [4.78, 5) is 12.2. The van der Waals surface area contributed by atoms with Gasteiger partial charge in [0.15, 0.2) is 5.17 Å². The number of amides is 1. The zero-order valence-corrected chi connectivity index (χ0v) is 20.1. The van der Waals surface area contributed by atoms with E-state index in [2.05, 4.69) is 26.1 Å². The third-order valence-electron chi connectivity index (χ3n) is 10.8. The third kappa shape index (κ3) is 3.42. The second-order valence-corrected chi connectivity index (χ2v) is 13.3. The van der Waals surface area contributed by atoms with Gasteiger partial charge in [-0.25, -0.2) is 0 Å². The van der Waals surface area contributed by atoms with Gasteiger partial charge in [-0.1, -0.05) is 32.5 Å². The molecule has 5 rings (SSSR count). The average Bonchev–Trinajstić information content (AvgIpc) is 3.21. The maximum atomic E-state index is 12.2. The van der Waals surface area contributed by atoms with Gasteiger partial charge in [-0.05, 0) is 104 Å². The fourth-order valence-corrected chi connectivity index (χ4v) is 10.3. The highest BCUT2D eigenvalue weighted by atomic mass is 32.2. The van der Waals surface area contributed by atoms with Gasteiger partial charge >= 0.3 is 0 Å². The largest absolute Gasteiger partial charge is 0.393 e. The number of hydrogen-bond donors (Lipinski definition) is 4. The molecule has 1 amide bonds. The van der Waals surface area contributed by atoms with Gasteiger partial charge in [-0.3, -0.25) is 10.2 Å². The minimum atomic E-state index is -0.233. The van der Waals surface area contributed by atoms with Crippen LogP contribution in [-0.2, 0) is 4.79 Å². The monoisotopic (exact) mass is 448 g/mol. The molecule has 11 atom stereocenters. The molecule has 0 aromatic rings. The number of aliphatic hydroxyl groups excluding tert-OH is 2. The van der Waals surface area contributed by atoms with E-state index < -0.39 is 0 Å². The maximum Gasteiger partial charge on any atom is 0.239 e. The Morgan fingerprint density at radius 1 is 1.10 bits per heavy atom. The molecule has 4 N–H and O–H groups in total. The smallest absolute Gasteiger partial charge is 0.239 e. The molecule has 1 heterocycles. The summed E-state index contributed by atoms with van der Waals surface area (Å²) in [5, 5.41) is 32.2. The van der Waals surface area contributed by atoms with Gasteiger partial charge in [0.2, 0.25) is 5.91 Å². The van der Waals surface area contributed by atoms with Gasteiger partial charge in [-0.15, -0.1) is 0 Å². The van der Waals surface area contributed by atoms with Crippen molar-refractivity contribution in [1.29, 1.82) is 5.41 Å². The lowest BCUT2D eigenvalue weighted by Gasteiger charge is -2.62. The molecule has 31 heavy (non-hydrogen) atoms. The molecule has 174 valence electrons. The highest BCUT2D eigenvalue weighted by molar-refractivity contribution is 8.15. The molecule has 5 nitrogen and oxygen atoms in total. The van der Waals surface area contributed by atoms with Crippen molar-refractivity contribution >= 4 is 22.8 Å². The first-order valence-corrected chi connectivity index (χ1v) is 13.4. The minimum Gasteiger partial charge on any atom is -0.393 e. The summed E-state index contributed by atoms with van der Waals surface area (Å²) in [6.07, 6.45) is 9.02. The van der Waals surface area contributed by atoms with Crippen LogP contribution in [0.3, 0.4) is 0 Å². The van der Waals surface area contributed by atoms with Crippen LogP contribution in [0.4, 0.5) is 0 Å². The molecule has 4 aliphatic carbocycles. The maximum absolute atomic E-state index is 12.2. The van der Waals surface area contributed by atoms with E-state index in [0.29, 0.717) is 40.7 Å². The summed E-state index contributed by atoms with van der Waals surface area (Å²) in [6.45, 7) is 7.27.